The van der Waals surface area contributed by atoms with Gasteiger partial charge in [0.25, 0.3) is 0 Å². The molecule has 0 unspecified atom stereocenters. The Kier molecular flexibility index (Phi) is 4.22. The Morgan fingerprint density at radius 3 is 2.56 bits per heavy atom. The molecule has 100 valence electrons. The van der Waals surface area contributed by atoms with Crippen LogP contribution in [0.15, 0.2) is 18.2 Å². The normalized spacial score (nSPS) is 12.9. The van der Waals surface area contributed by atoms with Crippen molar-refractivity contribution in [3.63, 3.8) is 0 Å². The van der Waals surface area contributed by atoms with E-state index in [1.165, 1.54) is 0 Å². The Bertz CT molecular complexity index is 435. The predicted octanol–water partition coefficient (Wildman–Crippen LogP) is 3.29. The first-order chi connectivity index (χ1) is 8.20. The van der Waals surface area contributed by atoms with Gasteiger partial charge in [0.05, 0.1) is 6.04 Å². The van der Waals surface area contributed by atoms with E-state index in [-0.39, 0.29) is 11.8 Å². The van der Waals surface area contributed by atoms with Crippen LogP contribution in [0.5, 0.6) is 5.75 Å². The Morgan fingerprint density at radius 2 is 2.00 bits per heavy atom. The van der Waals surface area contributed by atoms with Gasteiger partial charge in [0, 0.05) is 5.56 Å². The molecule has 1 aromatic carbocycles. The Labute approximate surface area is 108 Å². The number of carbonyl (C=O) groups is 1. The van der Waals surface area contributed by atoms with Crippen molar-refractivity contribution in [2.75, 3.05) is 0 Å². The van der Waals surface area contributed by atoms with Crippen LogP contribution in [0.25, 0.3) is 0 Å². The number of rotatable bonds is 2. The third-order valence-corrected chi connectivity index (χ3v) is 2.47. The van der Waals surface area contributed by atoms with Crippen molar-refractivity contribution in [3.8, 4) is 5.75 Å². The summed E-state index contributed by atoms with van der Waals surface area (Å²) < 4.78 is 5.17. The van der Waals surface area contributed by atoms with Crippen molar-refractivity contribution < 1.29 is 14.6 Å². The van der Waals surface area contributed by atoms with E-state index in [4.69, 9.17) is 4.74 Å². The first kappa shape index (κ1) is 14.4. The number of ether oxygens (including phenoxy) is 1. The van der Waals surface area contributed by atoms with Crippen molar-refractivity contribution in [1.82, 2.24) is 5.32 Å². The molecule has 4 nitrogen and oxygen atoms in total. The van der Waals surface area contributed by atoms with Gasteiger partial charge in [0.2, 0.25) is 0 Å². The fraction of sp³-hybridized carbons (Fsp3) is 0.500. The highest BCUT2D eigenvalue weighted by atomic mass is 16.6. The second kappa shape index (κ2) is 5.29. The average molecular weight is 251 g/mol. The van der Waals surface area contributed by atoms with Crippen LogP contribution >= 0.6 is 0 Å². The molecule has 0 bridgehead atoms. The minimum absolute atomic E-state index is 0.209. The van der Waals surface area contributed by atoms with Crippen LogP contribution in [0.3, 0.4) is 0 Å². The van der Waals surface area contributed by atoms with Gasteiger partial charge in [-0.05, 0) is 40.2 Å². The molecule has 0 aliphatic carbocycles. The monoisotopic (exact) mass is 251 g/mol. The van der Waals surface area contributed by atoms with Crippen LogP contribution in [-0.4, -0.2) is 16.8 Å². The van der Waals surface area contributed by atoms with E-state index in [0.717, 1.165) is 5.56 Å². The van der Waals surface area contributed by atoms with Gasteiger partial charge >= 0.3 is 6.09 Å². The number of carbonyl (C=O) groups excluding carboxylic acids is 1. The number of phenolic OH excluding ortho intramolecular Hbond substituents is 1. The minimum Gasteiger partial charge on any atom is -0.507 e. The van der Waals surface area contributed by atoms with Crippen molar-refractivity contribution >= 4 is 6.09 Å². The second-order valence-corrected chi connectivity index (χ2v) is 5.38. The van der Waals surface area contributed by atoms with Crippen LogP contribution in [0.2, 0.25) is 0 Å². The molecule has 0 heterocycles. The zero-order chi connectivity index (χ0) is 13.9. The summed E-state index contributed by atoms with van der Waals surface area (Å²) in [6.07, 6.45) is -0.490. The van der Waals surface area contributed by atoms with E-state index < -0.39 is 11.7 Å². The quantitative estimate of drug-likeness (QED) is 0.848. The summed E-state index contributed by atoms with van der Waals surface area (Å²) in [5, 5.41) is 12.6. The molecule has 2 N–H and O–H groups in total. The number of alkyl carbamates (subject to hydrolysis) is 1. The molecular formula is C14H21NO3. The average Bonchev–Trinajstić information content (AvgIpc) is 2.18. The van der Waals surface area contributed by atoms with Crippen molar-refractivity contribution in [2.24, 2.45) is 0 Å². The first-order valence-corrected chi connectivity index (χ1v) is 5.98. The summed E-state index contributed by atoms with van der Waals surface area (Å²) in [6, 6.07) is 5.14. The van der Waals surface area contributed by atoms with Crippen LogP contribution < -0.4 is 5.32 Å². The van der Waals surface area contributed by atoms with Crippen molar-refractivity contribution in [1.29, 1.82) is 0 Å². The fourth-order valence-electron chi connectivity index (χ4n) is 1.59. The van der Waals surface area contributed by atoms with E-state index >= 15 is 0 Å². The van der Waals surface area contributed by atoms with Crippen molar-refractivity contribution in [2.45, 2.75) is 46.3 Å². The third kappa shape index (κ3) is 3.95. The van der Waals surface area contributed by atoms with Crippen LogP contribution in [0.4, 0.5) is 4.79 Å². The van der Waals surface area contributed by atoms with Gasteiger partial charge in [-0.1, -0.05) is 18.2 Å². The zero-order valence-corrected chi connectivity index (χ0v) is 11.6. The molecule has 0 saturated carbocycles. The zero-order valence-electron chi connectivity index (χ0n) is 11.6. The van der Waals surface area contributed by atoms with Crippen LogP contribution in [0.1, 0.15) is 44.9 Å². The number of aromatic hydroxyl groups is 1. The Hall–Kier alpha value is -1.71. The maximum atomic E-state index is 11.6. The number of hydrogen-bond donors (Lipinski definition) is 2. The van der Waals surface area contributed by atoms with Crippen LogP contribution in [0, 0.1) is 6.92 Å². The van der Waals surface area contributed by atoms with Gasteiger partial charge in [-0.2, -0.15) is 0 Å². The van der Waals surface area contributed by atoms with Gasteiger partial charge in [0.1, 0.15) is 11.4 Å². The molecule has 0 radical (unpaired) electrons. The Morgan fingerprint density at radius 1 is 1.39 bits per heavy atom. The molecule has 18 heavy (non-hydrogen) atoms. The third-order valence-electron chi connectivity index (χ3n) is 2.47. The maximum Gasteiger partial charge on any atom is 0.408 e. The molecule has 0 saturated heterocycles. The summed E-state index contributed by atoms with van der Waals surface area (Å²) in [5.74, 6) is 0.209. The summed E-state index contributed by atoms with van der Waals surface area (Å²) >= 11 is 0. The molecule has 0 aromatic heterocycles. The number of nitrogens with one attached hydrogen (secondary N) is 1. The predicted molar refractivity (Wildman–Crippen MR) is 70.6 cm³/mol. The molecule has 0 aliphatic rings. The standard InChI is InChI=1S/C14H21NO3/c1-9-7-6-8-11(12(9)16)10(2)15-13(17)18-14(3,4)5/h6-8,10,16H,1-5H3,(H,15,17)/t10-/m1/s1. The number of aryl methyl sites for hydroxylation is 1. The molecule has 0 fully saturated rings. The molecule has 1 aromatic rings. The lowest BCUT2D eigenvalue weighted by atomic mass is 10.0. The van der Waals surface area contributed by atoms with Crippen molar-refractivity contribution in [3.05, 3.63) is 29.3 Å². The first-order valence-electron chi connectivity index (χ1n) is 5.98. The number of phenols is 1. The van der Waals surface area contributed by atoms with Gasteiger partial charge in [-0.25, -0.2) is 4.79 Å². The topological polar surface area (TPSA) is 58.6 Å². The van der Waals surface area contributed by atoms with E-state index in [1.54, 1.807) is 33.8 Å². The largest absolute Gasteiger partial charge is 0.507 e. The summed E-state index contributed by atoms with van der Waals surface area (Å²) in [7, 11) is 0. The summed E-state index contributed by atoms with van der Waals surface area (Å²) in [6.45, 7) is 9.04. The SMILES string of the molecule is Cc1cccc([C@@H](C)NC(=O)OC(C)(C)C)c1O. The molecule has 1 rings (SSSR count). The lowest BCUT2D eigenvalue weighted by Gasteiger charge is -2.22. The molecular weight excluding hydrogens is 230 g/mol. The highest BCUT2D eigenvalue weighted by Gasteiger charge is 2.19. The van der Waals surface area contributed by atoms with E-state index in [2.05, 4.69) is 5.32 Å². The second-order valence-electron chi connectivity index (χ2n) is 5.38. The molecule has 0 spiro atoms. The van der Waals surface area contributed by atoms with E-state index in [9.17, 15) is 9.90 Å². The van der Waals surface area contributed by atoms with Crippen LogP contribution in [-0.2, 0) is 4.74 Å². The fourth-order valence-corrected chi connectivity index (χ4v) is 1.59. The van der Waals surface area contributed by atoms with Gasteiger partial charge in [-0.15, -0.1) is 0 Å². The number of para-hydroxylation sites is 1. The Balaban J connectivity index is 2.74. The minimum atomic E-state index is -0.529. The summed E-state index contributed by atoms with van der Waals surface area (Å²) in [5.41, 5.74) is 0.935. The number of amides is 1. The summed E-state index contributed by atoms with van der Waals surface area (Å²) in [4.78, 5) is 11.6. The maximum absolute atomic E-state index is 11.6. The van der Waals surface area contributed by atoms with Gasteiger partial charge in [0.15, 0.2) is 0 Å². The molecule has 0 aliphatic heterocycles. The van der Waals surface area contributed by atoms with Gasteiger partial charge < -0.3 is 15.2 Å². The highest BCUT2D eigenvalue weighted by molar-refractivity contribution is 5.68. The lowest BCUT2D eigenvalue weighted by molar-refractivity contribution is 0.0507. The van der Waals surface area contributed by atoms with Gasteiger partial charge in [-0.3, -0.25) is 0 Å². The molecule has 1 atom stereocenters. The van der Waals surface area contributed by atoms with E-state index in [1.807, 2.05) is 19.1 Å². The van der Waals surface area contributed by atoms with E-state index in [0.29, 0.717) is 5.56 Å². The number of hydrogen-bond acceptors (Lipinski definition) is 3. The lowest BCUT2D eigenvalue weighted by Crippen LogP contribution is -2.34. The number of benzene rings is 1. The molecule has 4 heteroatoms. The smallest absolute Gasteiger partial charge is 0.408 e. The molecule has 1 amide bonds. The highest BCUT2D eigenvalue weighted by Crippen LogP contribution is 2.27.